The Bertz CT molecular complexity index is 1480. The minimum absolute atomic E-state index is 0.0985. The molecule has 2 atom stereocenters. The lowest BCUT2D eigenvalue weighted by Gasteiger charge is -2.54. The molecule has 2 fully saturated rings. The van der Waals surface area contributed by atoms with Crippen molar-refractivity contribution < 1.29 is 32.8 Å². The van der Waals surface area contributed by atoms with Gasteiger partial charge in [0, 0.05) is 26.2 Å². The molecular formula is C23H22FN7O6. The first-order valence-electron chi connectivity index (χ1n) is 11.6. The monoisotopic (exact) mass is 511 g/mol. The zero-order valence-corrected chi connectivity index (χ0v) is 19.8. The van der Waals surface area contributed by atoms with Crippen molar-refractivity contribution in [3.8, 4) is 0 Å². The maximum Gasteiger partial charge on any atom is 0.328 e. The highest BCUT2D eigenvalue weighted by Gasteiger charge is 2.62. The molecule has 0 saturated carbocycles. The summed E-state index contributed by atoms with van der Waals surface area (Å²) in [6.45, 7) is 2.26. The van der Waals surface area contributed by atoms with Gasteiger partial charge in [-0.3, -0.25) is 29.7 Å². The molecule has 6 rings (SSSR count). The number of hydrogen-bond donors (Lipinski definition) is 3. The number of nitrogens with one attached hydrogen (secondary N) is 3. The molecule has 2 aromatic heterocycles. The summed E-state index contributed by atoms with van der Waals surface area (Å²) in [4.78, 5) is 52.8. The van der Waals surface area contributed by atoms with Crippen molar-refractivity contribution in [2.45, 2.75) is 32.0 Å². The van der Waals surface area contributed by atoms with Crippen molar-refractivity contribution in [3.63, 3.8) is 0 Å². The molecule has 3 aromatic rings. The zero-order chi connectivity index (χ0) is 26.1. The van der Waals surface area contributed by atoms with Crippen LogP contribution >= 0.6 is 0 Å². The Hall–Kier alpha value is -4.33. The van der Waals surface area contributed by atoms with E-state index in [4.69, 9.17) is 9.26 Å². The highest BCUT2D eigenvalue weighted by atomic mass is 19.1. The molecule has 3 aliphatic rings. The number of imide groups is 2. The molecule has 192 valence electrons. The van der Waals surface area contributed by atoms with Gasteiger partial charge in [-0.15, -0.1) is 0 Å². The third kappa shape index (κ3) is 3.25. The molecule has 1 spiro atoms. The van der Waals surface area contributed by atoms with E-state index in [0.29, 0.717) is 5.56 Å². The summed E-state index contributed by atoms with van der Waals surface area (Å²) in [5, 5.41) is 15.0. The van der Waals surface area contributed by atoms with Gasteiger partial charge in [0.2, 0.25) is 17.4 Å². The number of halogens is 1. The second-order valence-electron chi connectivity index (χ2n) is 9.33. The lowest BCUT2D eigenvalue weighted by Crippen LogP contribution is -2.74. The molecule has 0 unspecified atom stereocenters. The van der Waals surface area contributed by atoms with Crippen LogP contribution in [-0.2, 0) is 34.3 Å². The number of carbonyl (C=O) groups is 4. The Morgan fingerprint density at radius 3 is 2.76 bits per heavy atom. The summed E-state index contributed by atoms with van der Waals surface area (Å²) in [5.41, 5.74) is -0.931. The summed E-state index contributed by atoms with van der Waals surface area (Å²) >= 11 is 0. The fourth-order valence-electron chi connectivity index (χ4n) is 5.65. The number of anilines is 1. The van der Waals surface area contributed by atoms with Gasteiger partial charge >= 0.3 is 6.03 Å². The smallest absolute Gasteiger partial charge is 0.328 e. The fourth-order valence-corrected chi connectivity index (χ4v) is 5.65. The number of aromatic nitrogens is 3. The number of ether oxygens (including phenoxy) is 1. The van der Waals surface area contributed by atoms with E-state index in [0.717, 1.165) is 5.69 Å². The SMILES string of the molecule is C[C@@H]1OCCN2c3c(cc4c(C(=O)NCc5ccnn5C)noc4c3F)CC3(C(=O)NC(=O)NC3=O)[C@@H]12. The third-order valence-corrected chi connectivity index (χ3v) is 7.34. The minimum Gasteiger partial charge on any atom is -0.374 e. The van der Waals surface area contributed by atoms with Crippen molar-refractivity contribution >= 4 is 40.4 Å². The van der Waals surface area contributed by atoms with Gasteiger partial charge in [-0.25, -0.2) is 9.18 Å². The van der Waals surface area contributed by atoms with Gasteiger partial charge in [0.15, 0.2) is 16.9 Å². The van der Waals surface area contributed by atoms with Crippen molar-refractivity contribution in [3.05, 3.63) is 41.1 Å². The zero-order valence-electron chi connectivity index (χ0n) is 19.8. The molecular weight excluding hydrogens is 489 g/mol. The molecule has 0 aliphatic carbocycles. The van der Waals surface area contributed by atoms with E-state index in [1.807, 2.05) is 0 Å². The number of morpholine rings is 1. The Balaban J connectivity index is 1.45. The molecule has 0 radical (unpaired) electrons. The van der Waals surface area contributed by atoms with Gasteiger partial charge < -0.3 is 19.5 Å². The van der Waals surface area contributed by atoms with Gasteiger partial charge in [-0.2, -0.15) is 5.10 Å². The second-order valence-corrected chi connectivity index (χ2v) is 9.33. The summed E-state index contributed by atoms with van der Waals surface area (Å²) in [5.74, 6) is -2.94. The van der Waals surface area contributed by atoms with Gasteiger partial charge in [-0.1, -0.05) is 5.16 Å². The topological polar surface area (TPSA) is 161 Å². The first-order valence-corrected chi connectivity index (χ1v) is 11.6. The number of carbonyl (C=O) groups excluding carboxylic acids is 4. The van der Waals surface area contributed by atoms with Crippen LogP contribution in [0.4, 0.5) is 14.9 Å². The van der Waals surface area contributed by atoms with Gasteiger partial charge in [0.25, 0.3) is 5.91 Å². The van der Waals surface area contributed by atoms with E-state index in [9.17, 15) is 19.2 Å². The minimum atomic E-state index is -1.76. The Morgan fingerprint density at radius 1 is 1.30 bits per heavy atom. The number of barbiturate groups is 1. The van der Waals surface area contributed by atoms with Gasteiger partial charge in [0.1, 0.15) is 0 Å². The van der Waals surface area contributed by atoms with Crippen LogP contribution in [0.5, 0.6) is 0 Å². The van der Waals surface area contributed by atoms with Crippen molar-refractivity contribution in [1.29, 1.82) is 0 Å². The molecule has 5 heterocycles. The van der Waals surface area contributed by atoms with Crippen LogP contribution < -0.4 is 20.9 Å². The number of fused-ring (bicyclic) bond motifs is 5. The Labute approximate surface area is 208 Å². The van der Waals surface area contributed by atoms with Gasteiger partial charge in [-0.05, 0) is 24.6 Å². The van der Waals surface area contributed by atoms with E-state index in [1.165, 1.54) is 6.07 Å². The van der Waals surface area contributed by atoms with Crippen LogP contribution in [0.25, 0.3) is 11.0 Å². The summed E-state index contributed by atoms with van der Waals surface area (Å²) in [6.07, 6.45) is 0.732. The lowest BCUT2D eigenvalue weighted by atomic mass is 9.66. The molecule has 13 nitrogen and oxygen atoms in total. The number of rotatable bonds is 3. The molecule has 0 bridgehead atoms. The summed E-state index contributed by atoms with van der Waals surface area (Å²) < 4.78 is 28.6. The molecule has 37 heavy (non-hydrogen) atoms. The van der Waals surface area contributed by atoms with Crippen LogP contribution in [0.15, 0.2) is 22.9 Å². The predicted octanol–water partition coefficient (Wildman–Crippen LogP) is 0.133. The largest absolute Gasteiger partial charge is 0.374 e. The number of amides is 5. The fraction of sp³-hybridized carbons (Fsp3) is 0.391. The number of hydrogen-bond acceptors (Lipinski definition) is 9. The number of nitrogens with zero attached hydrogens (tertiary/aromatic N) is 4. The number of benzene rings is 1. The van der Waals surface area contributed by atoms with Crippen molar-refractivity contribution in [2.24, 2.45) is 12.5 Å². The quantitative estimate of drug-likeness (QED) is 0.415. The molecule has 3 aliphatic heterocycles. The number of urea groups is 1. The molecule has 5 amide bonds. The van der Waals surface area contributed by atoms with E-state index < -0.39 is 47.1 Å². The van der Waals surface area contributed by atoms with Crippen LogP contribution in [-0.4, -0.2) is 64.0 Å². The van der Waals surface area contributed by atoms with Crippen molar-refractivity contribution in [2.75, 3.05) is 18.1 Å². The Kier molecular flexibility index (Phi) is 5.05. The first-order chi connectivity index (χ1) is 17.7. The first kappa shape index (κ1) is 23.1. The average Bonchev–Trinajstić information content (AvgIpc) is 3.47. The van der Waals surface area contributed by atoms with E-state index in [-0.39, 0.29) is 48.5 Å². The predicted molar refractivity (Wildman–Crippen MR) is 123 cm³/mol. The maximum atomic E-state index is 16.0. The molecule has 2 saturated heterocycles. The van der Waals surface area contributed by atoms with Crippen LogP contribution in [0, 0.1) is 11.2 Å². The number of aryl methyl sites for hydroxylation is 1. The summed E-state index contributed by atoms with van der Waals surface area (Å²) in [7, 11) is 1.73. The second kappa shape index (κ2) is 8.09. The molecule has 1 aromatic carbocycles. The van der Waals surface area contributed by atoms with Crippen LogP contribution in [0.3, 0.4) is 0 Å². The molecule has 14 heteroatoms. The van der Waals surface area contributed by atoms with Crippen LogP contribution in [0.1, 0.15) is 28.7 Å². The van der Waals surface area contributed by atoms with E-state index >= 15 is 4.39 Å². The standard InChI is InChI=1S/C23H22FN7O6/c1-10-18-23(20(33)27-22(35)28-21(23)34)8-11-7-13-15(19(32)25-9-12-3-4-26-30(12)2)29-37-17(13)14(24)16(11)31(18)5-6-36-10/h3-4,7,10,18H,5-6,8-9H2,1-2H3,(H,25,32)(H2,27,28,33,34,35)/t10-,18+/m0/s1. The normalized spacial score (nSPS) is 22.5. The van der Waals surface area contributed by atoms with E-state index in [1.54, 1.807) is 35.8 Å². The van der Waals surface area contributed by atoms with Gasteiger partial charge in [0.05, 0.1) is 42.1 Å². The highest BCUT2D eigenvalue weighted by Crippen LogP contribution is 2.48. The maximum absolute atomic E-state index is 16.0. The summed E-state index contributed by atoms with van der Waals surface area (Å²) in [6, 6.07) is 1.44. The average molecular weight is 511 g/mol. The highest BCUT2D eigenvalue weighted by molar-refractivity contribution is 6.20. The lowest BCUT2D eigenvalue weighted by molar-refractivity contribution is -0.151. The van der Waals surface area contributed by atoms with Crippen molar-refractivity contribution in [1.82, 2.24) is 30.9 Å². The van der Waals surface area contributed by atoms with E-state index in [2.05, 4.69) is 26.2 Å². The van der Waals surface area contributed by atoms with Crippen LogP contribution in [0.2, 0.25) is 0 Å². The molecule has 3 N–H and O–H groups in total. The Morgan fingerprint density at radius 2 is 2.05 bits per heavy atom. The third-order valence-electron chi connectivity index (χ3n) is 7.34.